The molecule has 0 saturated carbocycles. The predicted octanol–water partition coefficient (Wildman–Crippen LogP) is 3.67. The van der Waals surface area contributed by atoms with Crippen molar-refractivity contribution in [3.63, 3.8) is 0 Å². The Hall–Kier alpha value is -1.49. The summed E-state index contributed by atoms with van der Waals surface area (Å²) in [4.78, 5) is 0. The van der Waals surface area contributed by atoms with E-state index in [2.05, 4.69) is 5.43 Å². The van der Waals surface area contributed by atoms with E-state index in [1.54, 1.807) is 0 Å². The van der Waals surface area contributed by atoms with Gasteiger partial charge in [0.25, 0.3) is 0 Å². The number of hydrogen-bond donors (Lipinski definition) is 2. The van der Waals surface area contributed by atoms with Crippen molar-refractivity contribution < 1.29 is 8.78 Å². The van der Waals surface area contributed by atoms with Crippen molar-refractivity contribution in [1.29, 1.82) is 0 Å². The zero-order chi connectivity index (χ0) is 14.7. The van der Waals surface area contributed by atoms with Gasteiger partial charge < -0.3 is 0 Å². The second-order valence-corrected chi connectivity index (χ2v) is 5.03. The van der Waals surface area contributed by atoms with Crippen LogP contribution in [0.15, 0.2) is 36.4 Å². The van der Waals surface area contributed by atoms with Crippen molar-refractivity contribution in [2.24, 2.45) is 5.84 Å². The lowest BCUT2D eigenvalue weighted by molar-refractivity contribution is 0.502. The highest BCUT2D eigenvalue weighted by atomic mass is 35.5. The highest BCUT2D eigenvalue weighted by Crippen LogP contribution is 2.28. The van der Waals surface area contributed by atoms with Crippen LogP contribution < -0.4 is 11.3 Å². The molecule has 0 radical (unpaired) electrons. The van der Waals surface area contributed by atoms with E-state index in [1.807, 2.05) is 25.1 Å². The van der Waals surface area contributed by atoms with Gasteiger partial charge in [-0.3, -0.25) is 11.3 Å². The average Bonchev–Trinajstić information content (AvgIpc) is 2.43. The van der Waals surface area contributed by atoms with Crippen LogP contribution in [0.1, 0.15) is 22.7 Å². The van der Waals surface area contributed by atoms with Crippen LogP contribution in [0.25, 0.3) is 0 Å². The zero-order valence-corrected chi connectivity index (χ0v) is 11.7. The third kappa shape index (κ3) is 3.15. The average molecular weight is 297 g/mol. The van der Waals surface area contributed by atoms with Gasteiger partial charge in [-0.15, -0.1) is 0 Å². The number of benzene rings is 2. The largest absolute Gasteiger partial charge is 0.271 e. The molecule has 20 heavy (non-hydrogen) atoms. The number of rotatable bonds is 4. The summed E-state index contributed by atoms with van der Waals surface area (Å²) in [5, 5.41) is 0.623. The molecule has 0 saturated heterocycles. The van der Waals surface area contributed by atoms with Crippen molar-refractivity contribution in [2.45, 2.75) is 19.4 Å². The van der Waals surface area contributed by atoms with Gasteiger partial charge in [0.15, 0.2) is 11.6 Å². The summed E-state index contributed by atoms with van der Waals surface area (Å²) in [6, 6.07) is 9.18. The van der Waals surface area contributed by atoms with Crippen LogP contribution >= 0.6 is 11.6 Å². The number of halogens is 3. The van der Waals surface area contributed by atoms with Gasteiger partial charge in [0.1, 0.15) is 0 Å². The maximum Gasteiger partial charge on any atom is 0.159 e. The smallest absolute Gasteiger partial charge is 0.159 e. The van der Waals surface area contributed by atoms with Crippen molar-refractivity contribution >= 4 is 11.6 Å². The van der Waals surface area contributed by atoms with Crippen LogP contribution in [0.3, 0.4) is 0 Å². The number of hydrazine groups is 1. The van der Waals surface area contributed by atoms with Crippen LogP contribution in [0.5, 0.6) is 0 Å². The Balaban J connectivity index is 2.28. The van der Waals surface area contributed by atoms with E-state index in [-0.39, 0.29) is 6.04 Å². The highest BCUT2D eigenvalue weighted by molar-refractivity contribution is 6.32. The Labute approximate surface area is 121 Å². The van der Waals surface area contributed by atoms with Gasteiger partial charge >= 0.3 is 0 Å². The molecular formula is C15H15ClF2N2. The molecule has 106 valence electrons. The number of aryl methyl sites for hydroxylation is 1. The minimum absolute atomic E-state index is 0.271. The number of nitrogens with one attached hydrogen (secondary N) is 1. The molecule has 0 fully saturated rings. The lowest BCUT2D eigenvalue weighted by Crippen LogP contribution is -2.30. The molecular weight excluding hydrogens is 282 g/mol. The first-order chi connectivity index (χ1) is 9.52. The molecule has 5 heteroatoms. The third-order valence-electron chi connectivity index (χ3n) is 3.22. The number of hydrogen-bond acceptors (Lipinski definition) is 2. The van der Waals surface area contributed by atoms with E-state index in [0.717, 1.165) is 17.2 Å². The number of nitrogens with two attached hydrogens (primary N) is 1. The quantitative estimate of drug-likeness (QED) is 0.667. The Morgan fingerprint density at radius 1 is 1.20 bits per heavy atom. The first-order valence-corrected chi connectivity index (χ1v) is 6.55. The first kappa shape index (κ1) is 14.9. The molecule has 0 aliphatic rings. The van der Waals surface area contributed by atoms with Crippen LogP contribution in [0.2, 0.25) is 5.02 Å². The summed E-state index contributed by atoms with van der Waals surface area (Å²) in [5.74, 6) is 3.83. The molecule has 2 aromatic rings. The van der Waals surface area contributed by atoms with Crippen molar-refractivity contribution in [3.8, 4) is 0 Å². The van der Waals surface area contributed by atoms with E-state index in [4.69, 9.17) is 17.4 Å². The van der Waals surface area contributed by atoms with E-state index in [9.17, 15) is 8.78 Å². The summed E-state index contributed by atoms with van der Waals surface area (Å²) >= 11 is 6.26. The van der Waals surface area contributed by atoms with Crippen LogP contribution in [-0.4, -0.2) is 0 Å². The van der Waals surface area contributed by atoms with Crippen molar-refractivity contribution in [1.82, 2.24) is 5.43 Å². The molecule has 0 amide bonds. The monoisotopic (exact) mass is 296 g/mol. The SMILES string of the molecule is Cc1cccc(C(Cc2ccc(F)c(F)c2)NN)c1Cl. The van der Waals surface area contributed by atoms with Gasteiger partial charge in [0.2, 0.25) is 0 Å². The molecule has 0 aliphatic heterocycles. The molecule has 0 aromatic heterocycles. The Morgan fingerprint density at radius 3 is 2.60 bits per heavy atom. The van der Waals surface area contributed by atoms with Crippen LogP contribution in [0.4, 0.5) is 8.78 Å². The van der Waals surface area contributed by atoms with Crippen LogP contribution in [-0.2, 0) is 6.42 Å². The van der Waals surface area contributed by atoms with Gasteiger partial charge in [-0.05, 0) is 42.2 Å². The fourth-order valence-electron chi connectivity index (χ4n) is 2.10. The molecule has 1 atom stereocenters. The standard InChI is InChI=1S/C15H15ClF2N2/c1-9-3-2-4-11(15(9)16)14(20-19)8-10-5-6-12(17)13(18)7-10/h2-7,14,20H,8,19H2,1H3. The summed E-state index contributed by atoms with van der Waals surface area (Å²) in [5.41, 5.74) is 5.08. The minimum atomic E-state index is -0.867. The maximum absolute atomic E-state index is 13.2. The van der Waals surface area contributed by atoms with Gasteiger partial charge in [0, 0.05) is 5.02 Å². The molecule has 2 aromatic carbocycles. The Bertz CT molecular complexity index is 617. The second-order valence-electron chi connectivity index (χ2n) is 4.65. The van der Waals surface area contributed by atoms with E-state index in [0.29, 0.717) is 17.0 Å². The lowest BCUT2D eigenvalue weighted by atomic mass is 9.98. The maximum atomic E-state index is 13.2. The van der Waals surface area contributed by atoms with Gasteiger partial charge in [-0.25, -0.2) is 8.78 Å². The highest BCUT2D eigenvalue weighted by Gasteiger charge is 2.16. The molecule has 0 bridgehead atoms. The molecule has 0 heterocycles. The minimum Gasteiger partial charge on any atom is -0.271 e. The summed E-state index contributed by atoms with van der Waals surface area (Å²) in [7, 11) is 0. The molecule has 2 nitrogen and oxygen atoms in total. The third-order valence-corrected chi connectivity index (χ3v) is 3.74. The van der Waals surface area contributed by atoms with Gasteiger partial charge in [-0.2, -0.15) is 0 Å². The van der Waals surface area contributed by atoms with Crippen LogP contribution in [0, 0.1) is 18.6 Å². The topological polar surface area (TPSA) is 38.0 Å². The Kier molecular flexibility index (Phi) is 4.70. The molecule has 2 rings (SSSR count). The van der Waals surface area contributed by atoms with E-state index < -0.39 is 11.6 Å². The summed E-state index contributed by atoms with van der Waals surface area (Å²) < 4.78 is 26.1. The summed E-state index contributed by atoms with van der Waals surface area (Å²) in [6.45, 7) is 1.90. The van der Waals surface area contributed by atoms with Gasteiger partial charge in [-0.1, -0.05) is 35.9 Å². The Morgan fingerprint density at radius 2 is 1.95 bits per heavy atom. The van der Waals surface area contributed by atoms with Crippen molar-refractivity contribution in [2.75, 3.05) is 0 Å². The summed E-state index contributed by atoms with van der Waals surface area (Å²) in [6.07, 6.45) is 0.414. The van der Waals surface area contributed by atoms with Crippen molar-refractivity contribution in [3.05, 3.63) is 69.7 Å². The first-order valence-electron chi connectivity index (χ1n) is 6.18. The molecule has 0 aliphatic carbocycles. The lowest BCUT2D eigenvalue weighted by Gasteiger charge is -2.19. The van der Waals surface area contributed by atoms with E-state index in [1.165, 1.54) is 12.1 Å². The molecule has 0 spiro atoms. The predicted molar refractivity (Wildman–Crippen MR) is 76.3 cm³/mol. The zero-order valence-electron chi connectivity index (χ0n) is 11.0. The van der Waals surface area contributed by atoms with E-state index >= 15 is 0 Å². The molecule has 3 N–H and O–H groups in total. The molecule has 1 unspecified atom stereocenters. The van der Waals surface area contributed by atoms with Gasteiger partial charge in [0.05, 0.1) is 6.04 Å². The fourth-order valence-corrected chi connectivity index (χ4v) is 2.36. The normalized spacial score (nSPS) is 12.4. The second kappa shape index (κ2) is 6.31. The fraction of sp³-hybridized carbons (Fsp3) is 0.200.